The fourth-order valence-corrected chi connectivity index (χ4v) is 10.0. The quantitative estimate of drug-likeness (QED) is 0.119. The minimum atomic E-state index is -1.70. The molecule has 12 heteroatoms. The molecule has 62 heavy (non-hydrogen) atoms. The van der Waals surface area contributed by atoms with Crippen LogP contribution in [0.4, 0.5) is 5.69 Å². The molecule has 2 amide bonds. The van der Waals surface area contributed by atoms with Gasteiger partial charge in [0.2, 0.25) is 11.8 Å². The van der Waals surface area contributed by atoms with E-state index in [4.69, 9.17) is 18.9 Å². The molecule has 9 rings (SSSR count). The summed E-state index contributed by atoms with van der Waals surface area (Å²) in [5, 5.41) is 22.2. The van der Waals surface area contributed by atoms with Gasteiger partial charge in [0.05, 0.1) is 45.4 Å². The third-order valence-electron chi connectivity index (χ3n) is 12.6. The van der Waals surface area contributed by atoms with E-state index in [0.29, 0.717) is 52.6 Å². The maximum absolute atomic E-state index is 16.0. The van der Waals surface area contributed by atoms with Gasteiger partial charge in [0.15, 0.2) is 11.5 Å². The summed E-state index contributed by atoms with van der Waals surface area (Å²) in [7, 11) is 3.15. The van der Waals surface area contributed by atoms with E-state index in [0.717, 1.165) is 22.3 Å². The maximum atomic E-state index is 16.0. The Bertz CT molecular complexity index is 2560. The summed E-state index contributed by atoms with van der Waals surface area (Å²) < 4.78 is 23.6. The van der Waals surface area contributed by atoms with Crippen molar-refractivity contribution < 1.29 is 43.5 Å². The number of aliphatic hydroxyl groups is 2. The third kappa shape index (κ3) is 6.83. The van der Waals surface area contributed by atoms with Gasteiger partial charge in [0, 0.05) is 30.8 Å². The molecule has 316 valence electrons. The predicted octanol–water partition coefficient (Wildman–Crippen LogP) is 5.66. The molecule has 12 nitrogen and oxygen atoms in total. The van der Waals surface area contributed by atoms with Crippen LogP contribution in [-0.2, 0) is 37.5 Å². The summed E-state index contributed by atoms with van der Waals surface area (Å²) in [6.45, 7) is 0.341. The number of amides is 2. The number of anilines is 1. The second kappa shape index (κ2) is 17.0. The fourth-order valence-electron chi connectivity index (χ4n) is 10.0. The molecule has 2 saturated heterocycles. The number of carbonyl (C=O) groups is 3. The van der Waals surface area contributed by atoms with Gasteiger partial charge < -0.3 is 39.4 Å². The number of rotatable bonds is 10. The standard InChI is InChI=1S/C50H47N3O9/c1-59-40-28-35-22-23-52(30-36(35)29-41(40)60-2)47(56)42-44-48(57)62-45(33-14-7-4-8-15-33)43(32-12-5-3-6-13-32)53(44)46(34-17-19-37(20-18-34)61-26-25-55)50(42)38-27-31(11-9-10-24-54)16-21-39(38)51-49(50)58/h3-8,12-21,27-29,42-46,54-55H,10,22-26,30H2,1-2H3,(H,51,58)/t42-,43-,44-,45+,46+,50-/m1/s1. The van der Waals surface area contributed by atoms with Gasteiger partial charge in [-0.15, -0.1) is 0 Å². The van der Waals surface area contributed by atoms with Gasteiger partial charge in [-0.2, -0.15) is 0 Å². The number of nitrogens with one attached hydrogen (secondary N) is 1. The number of carbonyl (C=O) groups excluding carboxylic acids is 3. The molecule has 5 aromatic carbocycles. The molecule has 5 aromatic rings. The van der Waals surface area contributed by atoms with Crippen LogP contribution in [0, 0.1) is 17.8 Å². The zero-order chi connectivity index (χ0) is 43.0. The summed E-state index contributed by atoms with van der Waals surface area (Å²) in [5.41, 5.74) is 4.10. The summed E-state index contributed by atoms with van der Waals surface area (Å²) >= 11 is 0. The molecular formula is C50H47N3O9. The Balaban J connectivity index is 1.30. The highest BCUT2D eigenvalue weighted by Gasteiger charge is 2.74. The van der Waals surface area contributed by atoms with Crippen LogP contribution in [0.15, 0.2) is 115 Å². The van der Waals surface area contributed by atoms with Crippen molar-refractivity contribution in [3.05, 3.63) is 154 Å². The molecule has 3 N–H and O–H groups in total. The van der Waals surface area contributed by atoms with E-state index in [9.17, 15) is 10.2 Å². The van der Waals surface area contributed by atoms with Gasteiger partial charge in [-0.05, 0) is 82.3 Å². The van der Waals surface area contributed by atoms with Crippen LogP contribution in [0.5, 0.6) is 17.2 Å². The fraction of sp³-hybridized carbons (Fsp3) is 0.300. The van der Waals surface area contributed by atoms with E-state index in [1.165, 1.54) is 0 Å². The number of morpholine rings is 1. The van der Waals surface area contributed by atoms with Gasteiger partial charge in [-0.25, -0.2) is 0 Å². The zero-order valence-electron chi connectivity index (χ0n) is 34.5. The van der Waals surface area contributed by atoms with Crippen LogP contribution in [0.2, 0.25) is 0 Å². The Kier molecular flexibility index (Phi) is 11.2. The maximum Gasteiger partial charge on any atom is 0.324 e. The number of aliphatic hydroxyl groups excluding tert-OH is 2. The second-order valence-electron chi connectivity index (χ2n) is 15.9. The van der Waals surface area contributed by atoms with E-state index in [1.807, 2.05) is 91.0 Å². The number of ether oxygens (including phenoxy) is 4. The van der Waals surface area contributed by atoms with Gasteiger partial charge in [-0.1, -0.05) is 84.6 Å². The average Bonchev–Trinajstić information content (AvgIpc) is 3.79. The van der Waals surface area contributed by atoms with Crippen LogP contribution in [0.25, 0.3) is 0 Å². The van der Waals surface area contributed by atoms with Crippen molar-refractivity contribution in [2.45, 2.75) is 49.0 Å². The normalized spacial score (nSPS) is 23.6. The van der Waals surface area contributed by atoms with Gasteiger partial charge in [0.25, 0.3) is 0 Å². The van der Waals surface area contributed by atoms with Crippen molar-refractivity contribution in [1.29, 1.82) is 0 Å². The van der Waals surface area contributed by atoms with Crippen LogP contribution < -0.4 is 19.5 Å². The highest BCUT2D eigenvalue weighted by atomic mass is 16.6. The van der Waals surface area contributed by atoms with Crippen LogP contribution >= 0.6 is 0 Å². The Morgan fingerprint density at radius 1 is 0.823 bits per heavy atom. The molecule has 2 fully saturated rings. The van der Waals surface area contributed by atoms with Gasteiger partial charge in [-0.3, -0.25) is 19.3 Å². The predicted molar refractivity (Wildman–Crippen MR) is 229 cm³/mol. The molecule has 1 spiro atoms. The molecule has 4 heterocycles. The summed E-state index contributed by atoms with van der Waals surface area (Å²) in [4.78, 5) is 50.7. The Morgan fingerprint density at radius 3 is 2.19 bits per heavy atom. The van der Waals surface area contributed by atoms with E-state index in [-0.39, 0.29) is 38.7 Å². The second-order valence-corrected chi connectivity index (χ2v) is 15.9. The lowest BCUT2D eigenvalue weighted by Crippen LogP contribution is -2.56. The van der Waals surface area contributed by atoms with Crippen molar-refractivity contribution in [2.75, 3.05) is 45.9 Å². The van der Waals surface area contributed by atoms with Crippen molar-refractivity contribution >= 4 is 23.5 Å². The van der Waals surface area contributed by atoms with Gasteiger partial charge >= 0.3 is 5.97 Å². The first kappa shape index (κ1) is 40.7. The lowest BCUT2D eigenvalue weighted by atomic mass is 9.65. The van der Waals surface area contributed by atoms with Gasteiger partial charge in [0.1, 0.15) is 29.9 Å². The number of methoxy groups -OCH3 is 2. The molecule has 6 atom stereocenters. The monoisotopic (exact) mass is 833 g/mol. The first-order chi connectivity index (χ1) is 30.3. The van der Waals surface area contributed by atoms with Crippen LogP contribution in [-0.4, -0.2) is 84.4 Å². The SMILES string of the molecule is COc1cc2c(cc1OC)CN(C(=O)[C@H]1[C@@H]3C(=O)O[C@@H](c4ccccc4)[C@@H](c4ccccc4)N3[C@@H](c3ccc(OCCO)cc3)[C@]13C(=O)Nc1ccc(C#CCCO)cc13)CC2. The van der Waals surface area contributed by atoms with Crippen molar-refractivity contribution in [2.24, 2.45) is 5.92 Å². The molecule has 0 aliphatic carbocycles. The van der Waals surface area contributed by atoms with Crippen molar-refractivity contribution in [3.8, 4) is 29.1 Å². The summed E-state index contributed by atoms with van der Waals surface area (Å²) in [6, 6.07) is 33.1. The first-order valence-electron chi connectivity index (χ1n) is 20.8. The van der Waals surface area contributed by atoms with E-state index < -0.39 is 47.4 Å². The Morgan fingerprint density at radius 2 is 1.52 bits per heavy atom. The number of fused-ring (bicyclic) bond motifs is 4. The molecule has 0 radical (unpaired) electrons. The van der Waals surface area contributed by atoms with E-state index in [1.54, 1.807) is 43.4 Å². The minimum absolute atomic E-state index is 0.0889. The lowest BCUT2D eigenvalue weighted by Gasteiger charge is -2.46. The molecule has 0 bridgehead atoms. The minimum Gasteiger partial charge on any atom is -0.493 e. The number of cyclic esters (lactones) is 1. The molecule has 4 aliphatic rings. The summed E-state index contributed by atoms with van der Waals surface area (Å²) in [6.07, 6.45) is -0.0521. The highest BCUT2D eigenvalue weighted by molar-refractivity contribution is 6.12. The first-order valence-corrected chi connectivity index (χ1v) is 20.8. The number of esters is 1. The zero-order valence-corrected chi connectivity index (χ0v) is 34.5. The Labute approximate surface area is 360 Å². The van der Waals surface area contributed by atoms with Crippen molar-refractivity contribution in [3.63, 3.8) is 0 Å². The topological polar surface area (TPSA) is 147 Å². The van der Waals surface area contributed by atoms with Crippen LogP contribution in [0.3, 0.4) is 0 Å². The lowest BCUT2D eigenvalue weighted by molar-refractivity contribution is -0.179. The van der Waals surface area contributed by atoms with Crippen molar-refractivity contribution in [1.82, 2.24) is 9.80 Å². The van der Waals surface area contributed by atoms with E-state index >= 15 is 14.4 Å². The molecule has 0 aromatic heterocycles. The van der Waals surface area contributed by atoms with E-state index in [2.05, 4.69) is 22.1 Å². The number of nitrogens with zero attached hydrogens (tertiary/aromatic N) is 2. The molecule has 4 aliphatic heterocycles. The smallest absolute Gasteiger partial charge is 0.324 e. The number of benzene rings is 5. The third-order valence-corrected chi connectivity index (χ3v) is 12.6. The van der Waals surface area contributed by atoms with Crippen LogP contribution in [0.1, 0.15) is 63.6 Å². The highest BCUT2D eigenvalue weighted by Crippen LogP contribution is 2.65. The molecular weight excluding hydrogens is 787 g/mol. The molecule has 0 unspecified atom stereocenters. The molecule has 0 saturated carbocycles. The average molecular weight is 834 g/mol. The largest absolute Gasteiger partial charge is 0.493 e. The number of hydrogen-bond donors (Lipinski definition) is 3. The Hall–Kier alpha value is -6.65. The summed E-state index contributed by atoms with van der Waals surface area (Å²) in [5.74, 6) is 5.09. The number of hydrogen-bond acceptors (Lipinski definition) is 10.